The van der Waals surface area contributed by atoms with Crippen LogP contribution in [-0.2, 0) is 29.0 Å². The number of nitrogens with zero attached hydrogens (tertiary/aromatic N) is 4. The first-order chi connectivity index (χ1) is 18.4. The Bertz CT molecular complexity index is 1390. The Hall–Kier alpha value is -3.53. The third kappa shape index (κ3) is 5.80. The number of aryl methyl sites for hydroxylation is 2. The van der Waals surface area contributed by atoms with Crippen molar-refractivity contribution in [3.05, 3.63) is 51.3 Å². The van der Waals surface area contributed by atoms with E-state index in [1.54, 1.807) is 6.07 Å². The maximum Gasteiger partial charge on any atom is 0.256 e. The largest absolute Gasteiger partial charge is 0.473 e. The molecule has 2 aliphatic heterocycles. The van der Waals surface area contributed by atoms with Gasteiger partial charge in [-0.15, -0.1) is 0 Å². The predicted molar refractivity (Wildman–Crippen MR) is 141 cm³/mol. The van der Waals surface area contributed by atoms with E-state index < -0.39 is 0 Å². The molecule has 0 unspecified atom stereocenters. The molecule has 0 bridgehead atoms. The normalized spacial score (nSPS) is 16.4. The van der Waals surface area contributed by atoms with E-state index in [9.17, 15) is 14.4 Å². The van der Waals surface area contributed by atoms with Crippen molar-refractivity contribution in [1.29, 1.82) is 0 Å². The predicted octanol–water partition coefficient (Wildman–Crippen LogP) is 2.88. The fourth-order valence-corrected chi connectivity index (χ4v) is 5.53. The minimum Gasteiger partial charge on any atom is -0.473 e. The van der Waals surface area contributed by atoms with Gasteiger partial charge in [-0.2, -0.15) is 0 Å². The number of aromatic nitrogens is 3. The molecule has 1 N–H and O–H groups in total. The van der Waals surface area contributed by atoms with Gasteiger partial charge in [-0.05, 0) is 71.2 Å². The smallest absolute Gasteiger partial charge is 0.256 e. The van der Waals surface area contributed by atoms with Crippen LogP contribution in [0.5, 0.6) is 5.75 Å². The number of likely N-dealkylation sites (tertiary alicyclic amines) is 1. The number of fused-ring (bicyclic) bond motifs is 2. The Morgan fingerprint density at radius 1 is 1.18 bits per heavy atom. The standard InChI is InChI=1S/C28H35N5O5/c1-18(34)15-26(35)29-17-37-21-6-7-23-24(16-21)38-31-27(23)20-8-12-32(13-9-20)14-10-22-19(2)30-25-5-3-4-11-33(25)28(22)36/h6-7,16,20H,3-5,8-15,17H2,1-2H3,(H,29,35). The number of ether oxygens (including phenoxy) is 1. The molecular weight excluding hydrogens is 486 g/mol. The molecule has 2 aromatic heterocycles. The van der Waals surface area contributed by atoms with Crippen molar-refractivity contribution in [2.75, 3.05) is 26.4 Å². The average Bonchev–Trinajstić information content (AvgIpc) is 3.32. The van der Waals surface area contributed by atoms with Crippen LogP contribution < -0.4 is 15.6 Å². The molecule has 38 heavy (non-hydrogen) atoms. The number of benzene rings is 1. The molecule has 0 saturated carbocycles. The Morgan fingerprint density at radius 2 is 2.00 bits per heavy atom. The highest BCUT2D eigenvalue weighted by molar-refractivity contribution is 5.96. The third-order valence-corrected chi connectivity index (χ3v) is 7.62. The molecule has 1 amide bonds. The first-order valence-corrected chi connectivity index (χ1v) is 13.5. The number of piperidine rings is 1. The number of Topliss-reactive ketones (excluding diaryl/α,β-unsaturated/α-hetero) is 1. The van der Waals surface area contributed by atoms with Crippen molar-refractivity contribution in [2.24, 2.45) is 0 Å². The minimum absolute atomic E-state index is 0.0232. The summed E-state index contributed by atoms with van der Waals surface area (Å²) in [6.45, 7) is 6.85. The van der Waals surface area contributed by atoms with Crippen molar-refractivity contribution >= 4 is 22.7 Å². The topological polar surface area (TPSA) is 120 Å². The Balaban J connectivity index is 1.14. The van der Waals surface area contributed by atoms with E-state index in [4.69, 9.17) is 14.2 Å². The quantitative estimate of drug-likeness (QED) is 0.337. The molecule has 0 spiro atoms. The number of carbonyl (C=O) groups is 2. The minimum atomic E-state index is -0.367. The monoisotopic (exact) mass is 521 g/mol. The van der Waals surface area contributed by atoms with Crippen LogP contribution >= 0.6 is 0 Å². The summed E-state index contributed by atoms with van der Waals surface area (Å²) in [5.41, 5.74) is 3.50. The van der Waals surface area contributed by atoms with Crippen LogP contribution in [0.2, 0.25) is 0 Å². The summed E-state index contributed by atoms with van der Waals surface area (Å²) in [6.07, 6.45) is 5.58. The molecule has 10 nitrogen and oxygen atoms in total. The van der Waals surface area contributed by atoms with Crippen LogP contribution in [0.1, 0.15) is 67.7 Å². The molecule has 5 rings (SSSR count). The maximum absolute atomic E-state index is 13.0. The molecule has 2 aliphatic rings. The zero-order valence-electron chi connectivity index (χ0n) is 22.1. The van der Waals surface area contributed by atoms with E-state index >= 15 is 0 Å². The fraction of sp³-hybridized carbons (Fsp3) is 0.536. The van der Waals surface area contributed by atoms with Crippen molar-refractivity contribution in [3.8, 4) is 5.75 Å². The summed E-state index contributed by atoms with van der Waals surface area (Å²) in [5, 5.41) is 7.90. The molecule has 0 aliphatic carbocycles. The van der Waals surface area contributed by atoms with E-state index in [0.717, 1.165) is 92.9 Å². The number of rotatable bonds is 9. The zero-order chi connectivity index (χ0) is 26.6. The van der Waals surface area contributed by atoms with Gasteiger partial charge in [0.2, 0.25) is 5.91 Å². The van der Waals surface area contributed by atoms with Crippen LogP contribution in [0.3, 0.4) is 0 Å². The first kappa shape index (κ1) is 26.1. The summed E-state index contributed by atoms with van der Waals surface area (Å²) in [4.78, 5) is 42.8. The van der Waals surface area contributed by atoms with Gasteiger partial charge < -0.3 is 19.5 Å². The number of carbonyl (C=O) groups excluding carboxylic acids is 2. The third-order valence-electron chi connectivity index (χ3n) is 7.62. The van der Waals surface area contributed by atoms with Crippen molar-refractivity contribution in [3.63, 3.8) is 0 Å². The van der Waals surface area contributed by atoms with Gasteiger partial charge >= 0.3 is 0 Å². The van der Waals surface area contributed by atoms with Crippen LogP contribution in [0.25, 0.3) is 11.0 Å². The fourth-order valence-electron chi connectivity index (χ4n) is 5.53. The van der Waals surface area contributed by atoms with E-state index in [1.165, 1.54) is 6.92 Å². The molecule has 0 radical (unpaired) electrons. The molecule has 3 aromatic rings. The molecule has 0 atom stereocenters. The van der Waals surface area contributed by atoms with Crippen LogP contribution in [-0.4, -0.2) is 57.7 Å². The molecule has 1 saturated heterocycles. The first-order valence-electron chi connectivity index (χ1n) is 13.5. The SMILES string of the molecule is CC(=O)CC(=O)NCOc1ccc2c(C3CCN(CCc4c(C)nc5n(c4=O)CCCC5)CC3)noc2c1. The number of hydrogen-bond donors (Lipinski definition) is 1. The highest BCUT2D eigenvalue weighted by atomic mass is 16.5. The van der Waals surface area contributed by atoms with E-state index in [0.29, 0.717) is 17.3 Å². The lowest BCUT2D eigenvalue weighted by Gasteiger charge is -2.31. The summed E-state index contributed by atoms with van der Waals surface area (Å²) in [6, 6.07) is 5.55. The lowest BCUT2D eigenvalue weighted by molar-refractivity contribution is -0.127. The van der Waals surface area contributed by atoms with Crippen molar-refractivity contribution in [2.45, 2.75) is 71.3 Å². The van der Waals surface area contributed by atoms with E-state index in [1.807, 2.05) is 23.6 Å². The Morgan fingerprint density at radius 3 is 2.79 bits per heavy atom. The molecule has 1 fully saturated rings. The van der Waals surface area contributed by atoms with Gasteiger partial charge in [0.25, 0.3) is 5.56 Å². The van der Waals surface area contributed by atoms with Gasteiger partial charge in [0.1, 0.15) is 17.4 Å². The summed E-state index contributed by atoms with van der Waals surface area (Å²) >= 11 is 0. The van der Waals surface area contributed by atoms with Gasteiger partial charge in [0, 0.05) is 48.1 Å². The average molecular weight is 522 g/mol. The lowest BCUT2D eigenvalue weighted by Crippen LogP contribution is -2.37. The number of nitrogens with one attached hydrogen (secondary N) is 1. The summed E-state index contributed by atoms with van der Waals surface area (Å²) < 4.78 is 13.1. The highest BCUT2D eigenvalue weighted by Crippen LogP contribution is 2.34. The second kappa shape index (κ2) is 11.5. The second-order valence-electron chi connectivity index (χ2n) is 10.4. The van der Waals surface area contributed by atoms with Gasteiger partial charge in [-0.3, -0.25) is 19.0 Å². The number of amides is 1. The Kier molecular flexibility index (Phi) is 7.87. The summed E-state index contributed by atoms with van der Waals surface area (Å²) in [7, 11) is 0. The van der Waals surface area contributed by atoms with Crippen LogP contribution in [0.4, 0.5) is 0 Å². The van der Waals surface area contributed by atoms with Gasteiger partial charge in [-0.1, -0.05) is 5.16 Å². The molecule has 4 heterocycles. The zero-order valence-corrected chi connectivity index (χ0v) is 22.1. The van der Waals surface area contributed by atoms with Crippen molar-refractivity contribution < 1.29 is 18.8 Å². The van der Waals surface area contributed by atoms with E-state index in [-0.39, 0.29) is 30.4 Å². The maximum atomic E-state index is 13.0. The Labute approximate surface area is 221 Å². The van der Waals surface area contributed by atoms with E-state index in [2.05, 4.69) is 15.4 Å². The van der Waals surface area contributed by atoms with Crippen molar-refractivity contribution in [1.82, 2.24) is 24.9 Å². The van der Waals surface area contributed by atoms with Crippen LogP contribution in [0.15, 0.2) is 27.5 Å². The van der Waals surface area contributed by atoms with Gasteiger partial charge in [0.05, 0.1) is 12.1 Å². The summed E-state index contributed by atoms with van der Waals surface area (Å²) in [5.74, 6) is 1.25. The molecular formula is C28H35N5O5. The van der Waals surface area contributed by atoms with Crippen LogP contribution in [0, 0.1) is 6.92 Å². The lowest BCUT2D eigenvalue weighted by atomic mass is 9.91. The van der Waals surface area contributed by atoms with Gasteiger partial charge in [0.15, 0.2) is 12.3 Å². The highest BCUT2D eigenvalue weighted by Gasteiger charge is 2.26. The van der Waals surface area contributed by atoms with Gasteiger partial charge in [-0.25, -0.2) is 4.98 Å². The molecule has 10 heteroatoms. The molecule has 202 valence electrons. The second-order valence-corrected chi connectivity index (χ2v) is 10.4. The number of hydrogen-bond acceptors (Lipinski definition) is 8. The number of ketones is 1. The molecule has 1 aromatic carbocycles.